The molecule has 0 aliphatic heterocycles. The van der Waals surface area contributed by atoms with Crippen LogP contribution in [0.15, 0.2) is 78.9 Å². The van der Waals surface area contributed by atoms with E-state index < -0.39 is 0 Å². The molecule has 1 N–H and O–H groups in total. The van der Waals surface area contributed by atoms with Gasteiger partial charge in [-0.2, -0.15) is 0 Å². The van der Waals surface area contributed by atoms with Crippen molar-refractivity contribution in [3.05, 3.63) is 90.0 Å². The molecule has 0 aromatic heterocycles. The predicted octanol–water partition coefficient (Wildman–Crippen LogP) is 4.29. The van der Waals surface area contributed by atoms with Crippen molar-refractivity contribution < 1.29 is 9.90 Å². The highest BCUT2D eigenvalue weighted by Crippen LogP contribution is 2.29. The number of benzene rings is 3. The normalized spacial score (nSPS) is 10.3. The lowest BCUT2D eigenvalue weighted by molar-refractivity contribution is 0.103. The third kappa shape index (κ3) is 2.70. The van der Waals surface area contributed by atoms with E-state index in [1.807, 2.05) is 48.5 Å². The summed E-state index contributed by atoms with van der Waals surface area (Å²) in [4.78, 5) is 12.7. The first-order valence-corrected chi connectivity index (χ1v) is 6.74. The first-order chi connectivity index (χ1) is 10.3. The van der Waals surface area contributed by atoms with Crippen LogP contribution >= 0.6 is 0 Å². The van der Waals surface area contributed by atoms with Crippen LogP contribution in [0.5, 0.6) is 5.75 Å². The van der Waals surface area contributed by atoms with Crippen LogP contribution in [0.4, 0.5) is 0 Å². The van der Waals surface area contributed by atoms with Gasteiger partial charge in [0.25, 0.3) is 0 Å². The monoisotopic (exact) mass is 274 g/mol. The second-order valence-corrected chi connectivity index (χ2v) is 4.79. The van der Waals surface area contributed by atoms with Crippen LogP contribution in [-0.2, 0) is 0 Å². The average Bonchev–Trinajstić information content (AvgIpc) is 2.56. The third-order valence-electron chi connectivity index (χ3n) is 3.37. The van der Waals surface area contributed by atoms with Crippen molar-refractivity contribution in [2.24, 2.45) is 0 Å². The standard InChI is InChI=1S/C19H14O2/c20-16-11-12-17(19(21)15-9-5-2-6-10-15)18(13-16)14-7-3-1-4-8-14/h1-13,20H. The van der Waals surface area contributed by atoms with Gasteiger partial charge in [-0.05, 0) is 29.3 Å². The molecule has 102 valence electrons. The van der Waals surface area contributed by atoms with Crippen LogP contribution in [0.3, 0.4) is 0 Å². The lowest BCUT2D eigenvalue weighted by Gasteiger charge is -2.10. The van der Waals surface area contributed by atoms with Crippen LogP contribution < -0.4 is 0 Å². The Hall–Kier alpha value is -2.87. The molecule has 0 radical (unpaired) electrons. The quantitative estimate of drug-likeness (QED) is 0.723. The molecule has 2 heteroatoms. The summed E-state index contributed by atoms with van der Waals surface area (Å²) in [6.45, 7) is 0. The van der Waals surface area contributed by atoms with E-state index in [1.165, 1.54) is 0 Å². The fourth-order valence-corrected chi connectivity index (χ4v) is 2.33. The van der Waals surface area contributed by atoms with Crippen molar-refractivity contribution in [1.82, 2.24) is 0 Å². The maximum absolute atomic E-state index is 12.7. The van der Waals surface area contributed by atoms with Crippen LogP contribution in [0.25, 0.3) is 11.1 Å². The van der Waals surface area contributed by atoms with Gasteiger partial charge in [-0.25, -0.2) is 0 Å². The minimum atomic E-state index is -0.0468. The van der Waals surface area contributed by atoms with Crippen molar-refractivity contribution in [2.75, 3.05) is 0 Å². The molecule has 0 spiro atoms. The summed E-state index contributed by atoms with van der Waals surface area (Å²) in [7, 11) is 0. The number of phenols is 1. The van der Waals surface area contributed by atoms with E-state index in [0.29, 0.717) is 11.1 Å². The van der Waals surface area contributed by atoms with Crippen molar-refractivity contribution >= 4 is 5.78 Å². The van der Waals surface area contributed by atoms with Gasteiger partial charge < -0.3 is 5.11 Å². The van der Waals surface area contributed by atoms with Gasteiger partial charge in [-0.3, -0.25) is 4.79 Å². The smallest absolute Gasteiger partial charge is 0.193 e. The highest BCUT2D eigenvalue weighted by molar-refractivity contribution is 6.13. The first-order valence-electron chi connectivity index (χ1n) is 6.74. The highest BCUT2D eigenvalue weighted by atomic mass is 16.3. The zero-order chi connectivity index (χ0) is 14.7. The molecule has 3 rings (SSSR count). The van der Waals surface area contributed by atoms with E-state index in [1.54, 1.807) is 30.3 Å². The molecule has 2 nitrogen and oxygen atoms in total. The highest BCUT2D eigenvalue weighted by Gasteiger charge is 2.15. The fourth-order valence-electron chi connectivity index (χ4n) is 2.33. The molecule has 21 heavy (non-hydrogen) atoms. The molecule has 3 aromatic carbocycles. The van der Waals surface area contributed by atoms with Crippen molar-refractivity contribution in [3.8, 4) is 16.9 Å². The molecule has 0 atom stereocenters. The molecule has 0 amide bonds. The molecule has 0 saturated carbocycles. The van der Waals surface area contributed by atoms with Gasteiger partial charge in [0.05, 0.1) is 0 Å². The number of hydrogen-bond acceptors (Lipinski definition) is 2. The van der Waals surface area contributed by atoms with Crippen LogP contribution in [0, 0.1) is 0 Å². The third-order valence-corrected chi connectivity index (χ3v) is 3.37. The Bertz CT molecular complexity index is 762. The maximum Gasteiger partial charge on any atom is 0.193 e. The van der Waals surface area contributed by atoms with Crippen LogP contribution in [0.2, 0.25) is 0 Å². The molecule has 3 aromatic rings. The topological polar surface area (TPSA) is 37.3 Å². The predicted molar refractivity (Wildman–Crippen MR) is 83.4 cm³/mol. The summed E-state index contributed by atoms with van der Waals surface area (Å²) in [5.41, 5.74) is 2.88. The van der Waals surface area contributed by atoms with Crippen LogP contribution in [-0.4, -0.2) is 10.9 Å². The Labute approximate surface area is 123 Å². The SMILES string of the molecule is O=C(c1ccccc1)c1ccc(O)cc1-c1ccccc1. The van der Waals surface area contributed by atoms with Crippen LogP contribution in [0.1, 0.15) is 15.9 Å². The summed E-state index contributed by atoms with van der Waals surface area (Å²) in [5, 5.41) is 9.74. The number of phenolic OH excluding ortho intramolecular Hbond substituents is 1. The van der Waals surface area contributed by atoms with Gasteiger partial charge in [-0.15, -0.1) is 0 Å². The second kappa shape index (κ2) is 5.63. The van der Waals surface area contributed by atoms with Gasteiger partial charge in [0.1, 0.15) is 5.75 Å². The van der Waals surface area contributed by atoms with Crippen molar-refractivity contribution in [3.63, 3.8) is 0 Å². The number of carbonyl (C=O) groups is 1. The van der Waals surface area contributed by atoms with Crippen molar-refractivity contribution in [2.45, 2.75) is 0 Å². The van der Waals surface area contributed by atoms with Crippen molar-refractivity contribution in [1.29, 1.82) is 0 Å². The summed E-state index contributed by atoms with van der Waals surface area (Å²) < 4.78 is 0. The van der Waals surface area contributed by atoms with Gasteiger partial charge >= 0.3 is 0 Å². The first kappa shape index (κ1) is 13.1. The van der Waals surface area contributed by atoms with Gasteiger partial charge in [0.15, 0.2) is 5.78 Å². The Morgan fingerprint density at radius 2 is 1.38 bits per heavy atom. The van der Waals surface area contributed by atoms with E-state index in [0.717, 1.165) is 11.1 Å². The lowest BCUT2D eigenvalue weighted by atomic mass is 9.94. The van der Waals surface area contributed by atoms with Gasteiger partial charge in [-0.1, -0.05) is 60.7 Å². The molecular formula is C19H14O2. The number of aromatic hydroxyl groups is 1. The molecule has 0 aliphatic rings. The Balaban J connectivity index is 2.14. The fraction of sp³-hybridized carbons (Fsp3) is 0. The Kier molecular flexibility index (Phi) is 3.52. The minimum Gasteiger partial charge on any atom is -0.508 e. The summed E-state index contributed by atoms with van der Waals surface area (Å²) >= 11 is 0. The molecule has 0 aliphatic carbocycles. The molecule has 0 fully saturated rings. The second-order valence-electron chi connectivity index (χ2n) is 4.79. The maximum atomic E-state index is 12.7. The largest absolute Gasteiger partial charge is 0.508 e. The zero-order valence-corrected chi connectivity index (χ0v) is 11.4. The number of rotatable bonds is 3. The molecular weight excluding hydrogens is 260 g/mol. The number of carbonyl (C=O) groups excluding carboxylic acids is 1. The van der Waals surface area contributed by atoms with Gasteiger partial charge in [0.2, 0.25) is 0 Å². The Morgan fingerprint density at radius 1 is 0.762 bits per heavy atom. The van der Waals surface area contributed by atoms with E-state index in [-0.39, 0.29) is 11.5 Å². The van der Waals surface area contributed by atoms with E-state index >= 15 is 0 Å². The molecule has 0 unspecified atom stereocenters. The average molecular weight is 274 g/mol. The molecule has 0 heterocycles. The molecule has 0 saturated heterocycles. The summed E-state index contributed by atoms with van der Waals surface area (Å²) in [6.07, 6.45) is 0. The minimum absolute atomic E-state index is 0.0468. The van der Waals surface area contributed by atoms with E-state index in [4.69, 9.17) is 0 Å². The van der Waals surface area contributed by atoms with Gasteiger partial charge in [0, 0.05) is 11.1 Å². The lowest BCUT2D eigenvalue weighted by Crippen LogP contribution is -2.03. The number of hydrogen-bond donors (Lipinski definition) is 1. The summed E-state index contributed by atoms with van der Waals surface area (Å²) in [5.74, 6) is 0.105. The number of ketones is 1. The van der Waals surface area contributed by atoms with E-state index in [9.17, 15) is 9.90 Å². The molecule has 0 bridgehead atoms. The van der Waals surface area contributed by atoms with E-state index in [2.05, 4.69) is 0 Å². The summed E-state index contributed by atoms with van der Waals surface area (Å²) in [6, 6.07) is 23.6. The Morgan fingerprint density at radius 3 is 2.05 bits per heavy atom. The zero-order valence-electron chi connectivity index (χ0n) is 11.4.